The first-order valence-corrected chi connectivity index (χ1v) is 6.69. The summed E-state index contributed by atoms with van der Waals surface area (Å²) in [5, 5.41) is 10.5. The quantitative estimate of drug-likeness (QED) is 0.764. The van der Waals surface area contributed by atoms with Gasteiger partial charge >= 0.3 is 0 Å². The maximum absolute atomic E-state index is 12.3. The van der Waals surface area contributed by atoms with Crippen LogP contribution in [-0.2, 0) is 0 Å². The monoisotopic (exact) mass is 278 g/mol. The summed E-state index contributed by atoms with van der Waals surface area (Å²) in [6.07, 6.45) is 3.75. The van der Waals surface area contributed by atoms with Gasteiger partial charge in [-0.3, -0.25) is 4.79 Å². The Hall–Kier alpha value is -2.81. The van der Waals surface area contributed by atoms with Crippen LogP contribution < -0.4 is 5.43 Å². The third-order valence-corrected chi connectivity index (χ3v) is 3.31. The maximum Gasteiger partial charge on any atom is 0.235 e. The van der Waals surface area contributed by atoms with Gasteiger partial charge in [-0.05, 0) is 13.0 Å². The molecule has 1 N–H and O–H groups in total. The van der Waals surface area contributed by atoms with Crippen LogP contribution in [0.2, 0.25) is 0 Å². The molecule has 0 saturated carbocycles. The maximum atomic E-state index is 12.3. The zero-order chi connectivity index (χ0) is 14.8. The lowest BCUT2D eigenvalue weighted by atomic mass is 10.1. The summed E-state index contributed by atoms with van der Waals surface area (Å²) in [4.78, 5) is 12.3. The Morgan fingerprint density at radius 1 is 1.05 bits per heavy atom. The molecule has 1 aromatic heterocycles. The summed E-state index contributed by atoms with van der Waals surface area (Å²) in [5.74, 6) is -0.156. The Labute approximate surface area is 121 Å². The van der Waals surface area contributed by atoms with Gasteiger partial charge in [0.1, 0.15) is 5.58 Å². The van der Waals surface area contributed by atoms with E-state index in [2.05, 4.69) is 0 Å². The second-order valence-electron chi connectivity index (χ2n) is 4.70. The number of aromatic hydroxyl groups is 1. The van der Waals surface area contributed by atoms with Crippen molar-refractivity contribution in [1.82, 2.24) is 0 Å². The van der Waals surface area contributed by atoms with Crippen LogP contribution in [0.5, 0.6) is 5.75 Å². The molecule has 104 valence electrons. The van der Waals surface area contributed by atoms with Gasteiger partial charge in [-0.25, -0.2) is 0 Å². The summed E-state index contributed by atoms with van der Waals surface area (Å²) in [5.41, 5.74) is 1.55. The molecule has 0 fully saturated rings. The summed E-state index contributed by atoms with van der Waals surface area (Å²) < 4.78 is 5.84. The van der Waals surface area contributed by atoms with Gasteiger partial charge in [0.15, 0.2) is 5.76 Å². The third-order valence-electron chi connectivity index (χ3n) is 3.31. The molecule has 3 aromatic rings. The summed E-state index contributed by atoms with van der Waals surface area (Å²) in [7, 11) is 0. The van der Waals surface area contributed by atoms with Gasteiger partial charge in [-0.1, -0.05) is 54.6 Å². The molecule has 0 radical (unpaired) electrons. The average Bonchev–Trinajstić information content (AvgIpc) is 2.52. The van der Waals surface area contributed by atoms with Crippen molar-refractivity contribution in [3.05, 3.63) is 70.4 Å². The van der Waals surface area contributed by atoms with Crippen LogP contribution in [0.1, 0.15) is 12.5 Å². The van der Waals surface area contributed by atoms with E-state index in [0.717, 1.165) is 5.56 Å². The predicted molar refractivity (Wildman–Crippen MR) is 84.3 cm³/mol. The molecule has 1 heterocycles. The van der Waals surface area contributed by atoms with Gasteiger partial charge < -0.3 is 9.52 Å². The zero-order valence-corrected chi connectivity index (χ0v) is 11.5. The predicted octanol–water partition coefficient (Wildman–Crippen LogP) is 4.20. The molecule has 21 heavy (non-hydrogen) atoms. The van der Waals surface area contributed by atoms with E-state index in [9.17, 15) is 9.90 Å². The highest BCUT2D eigenvalue weighted by Crippen LogP contribution is 2.31. The van der Waals surface area contributed by atoms with E-state index < -0.39 is 5.43 Å². The highest BCUT2D eigenvalue weighted by atomic mass is 16.4. The number of benzene rings is 2. The van der Waals surface area contributed by atoms with Gasteiger partial charge in [0.05, 0.1) is 5.39 Å². The average molecular weight is 278 g/mol. The molecule has 3 rings (SSSR count). The Bertz CT molecular complexity index is 874. The van der Waals surface area contributed by atoms with Crippen LogP contribution in [0.4, 0.5) is 0 Å². The number of fused-ring (bicyclic) bond motifs is 1. The Kier molecular flexibility index (Phi) is 3.32. The van der Waals surface area contributed by atoms with Crippen molar-refractivity contribution in [1.29, 1.82) is 0 Å². The van der Waals surface area contributed by atoms with Crippen molar-refractivity contribution in [2.24, 2.45) is 0 Å². The minimum Gasteiger partial charge on any atom is -0.502 e. The normalized spacial score (nSPS) is 11.3. The highest BCUT2D eigenvalue weighted by molar-refractivity contribution is 5.88. The molecule has 0 atom stereocenters. The largest absolute Gasteiger partial charge is 0.502 e. The Morgan fingerprint density at radius 3 is 2.52 bits per heavy atom. The van der Waals surface area contributed by atoms with Gasteiger partial charge in [0.2, 0.25) is 11.2 Å². The molecule has 0 aliphatic rings. The SMILES string of the molecule is C/C=C/c1cccc2c(=O)c(O)c(-c3ccccc3)oc12. The molecule has 0 bridgehead atoms. The van der Waals surface area contributed by atoms with E-state index in [0.29, 0.717) is 16.5 Å². The lowest BCUT2D eigenvalue weighted by Gasteiger charge is -2.07. The van der Waals surface area contributed by atoms with Crippen LogP contribution in [0, 0.1) is 0 Å². The molecule has 0 spiro atoms. The molecule has 0 aliphatic heterocycles. The summed E-state index contributed by atoms with van der Waals surface area (Å²) >= 11 is 0. The first-order valence-electron chi connectivity index (χ1n) is 6.69. The lowest BCUT2D eigenvalue weighted by molar-refractivity contribution is 0.449. The van der Waals surface area contributed by atoms with E-state index in [-0.39, 0.29) is 11.5 Å². The number of allylic oxidation sites excluding steroid dienone is 1. The molecular formula is C18H14O3. The van der Waals surface area contributed by atoms with Crippen LogP contribution in [-0.4, -0.2) is 5.11 Å². The Balaban J connectivity index is 2.40. The van der Waals surface area contributed by atoms with Crippen molar-refractivity contribution >= 4 is 17.0 Å². The fourth-order valence-corrected chi connectivity index (χ4v) is 2.32. The minimum absolute atomic E-state index is 0.199. The number of hydrogen-bond acceptors (Lipinski definition) is 3. The highest BCUT2D eigenvalue weighted by Gasteiger charge is 2.16. The number of hydrogen-bond donors (Lipinski definition) is 1. The zero-order valence-electron chi connectivity index (χ0n) is 11.5. The Morgan fingerprint density at radius 2 is 1.81 bits per heavy atom. The molecule has 2 aromatic carbocycles. The lowest BCUT2D eigenvalue weighted by Crippen LogP contribution is -2.03. The molecule has 0 unspecified atom stereocenters. The smallest absolute Gasteiger partial charge is 0.235 e. The minimum atomic E-state index is -0.415. The number of para-hydroxylation sites is 1. The molecule has 3 heteroatoms. The second-order valence-corrected chi connectivity index (χ2v) is 4.70. The fraction of sp³-hybridized carbons (Fsp3) is 0.0556. The van der Waals surface area contributed by atoms with E-state index in [4.69, 9.17) is 4.42 Å². The van der Waals surface area contributed by atoms with Gasteiger partial charge in [-0.2, -0.15) is 0 Å². The third kappa shape index (κ3) is 2.23. The first-order chi connectivity index (χ1) is 10.2. The van der Waals surface area contributed by atoms with Crippen LogP contribution in [0.25, 0.3) is 28.4 Å². The van der Waals surface area contributed by atoms with E-state index in [1.165, 1.54) is 0 Å². The van der Waals surface area contributed by atoms with E-state index >= 15 is 0 Å². The summed E-state index contributed by atoms with van der Waals surface area (Å²) in [6, 6.07) is 14.4. The summed E-state index contributed by atoms with van der Waals surface area (Å²) in [6.45, 7) is 1.90. The topological polar surface area (TPSA) is 50.4 Å². The molecule has 0 amide bonds. The van der Waals surface area contributed by atoms with Gasteiger partial charge in [-0.15, -0.1) is 0 Å². The second kappa shape index (κ2) is 5.29. The fourth-order valence-electron chi connectivity index (χ4n) is 2.32. The van der Waals surface area contributed by atoms with Crippen molar-refractivity contribution in [2.45, 2.75) is 6.92 Å². The van der Waals surface area contributed by atoms with Crippen molar-refractivity contribution in [2.75, 3.05) is 0 Å². The molecule has 0 saturated heterocycles. The van der Waals surface area contributed by atoms with E-state index in [1.807, 2.05) is 43.3 Å². The van der Waals surface area contributed by atoms with E-state index in [1.54, 1.807) is 24.3 Å². The van der Waals surface area contributed by atoms with Crippen LogP contribution >= 0.6 is 0 Å². The van der Waals surface area contributed by atoms with Gasteiger partial charge in [0, 0.05) is 11.1 Å². The molecule has 3 nitrogen and oxygen atoms in total. The molecular weight excluding hydrogens is 264 g/mol. The number of rotatable bonds is 2. The van der Waals surface area contributed by atoms with Crippen molar-refractivity contribution in [3.8, 4) is 17.1 Å². The van der Waals surface area contributed by atoms with Crippen LogP contribution in [0.15, 0.2) is 63.8 Å². The standard InChI is InChI=1S/C18H14O3/c1-2-7-12-10-6-11-14-15(19)16(20)18(21-17(12)14)13-8-4-3-5-9-13/h2-11,20H,1H3/b7-2+. The van der Waals surface area contributed by atoms with Gasteiger partial charge in [0.25, 0.3) is 0 Å². The van der Waals surface area contributed by atoms with Crippen LogP contribution in [0.3, 0.4) is 0 Å². The van der Waals surface area contributed by atoms with Crippen molar-refractivity contribution < 1.29 is 9.52 Å². The first kappa shape index (κ1) is 13.2. The molecule has 0 aliphatic carbocycles. The van der Waals surface area contributed by atoms with Crippen molar-refractivity contribution in [3.63, 3.8) is 0 Å².